The van der Waals surface area contributed by atoms with E-state index in [1.807, 2.05) is 12.1 Å². The summed E-state index contributed by atoms with van der Waals surface area (Å²) in [6.07, 6.45) is 0. The van der Waals surface area contributed by atoms with Gasteiger partial charge in [0.1, 0.15) is 0 Å². The first-order valence-electron chi connectivity index (χ1n) is 5.26. The predicted molar refractivity (Wildman–Crippen MR) is 70.6 cm³/mol. The average Bonchev–Trinajstić information content (AvgIpc) is 2.28. The molecule has 0 bridgehead atoms. The van der Waals surface area contributed by atoms with Crippen molar-refractivity contribution >= 4 is 34.6 Å². The van der Waals surface area contributed by atoms with E-state index in [-0.39, 0.29) is 0 Å². The number of nitrogen functional groups attached to an aromatic ring is 1. The first kappa shape index (κ1) is 11.8. The predicted octanol–water partition coefficient (Wildman–Crippen LogP) is 2.33. The van der Waals surface area contributed by atoms with Crippen molar-refractivity contribution < 1.29 is 0 Å². The van der Waals surface area contributed by atoms with Crippen molar-refractivity contribution in [2.24, 2.45) is 0 Å². The van der Waals surface area contributed by atoms with E-state index < -0.39 is 0 Å². The van der Waals surface area contributed by atoms with Gasteiger partial charge in [-0.25, -0.2) is 0 Å². The van der Waals surface area contributed by atoms with Crippen molar-refractivity contribution in [1.82, 2.24) is 4.90 Å². The van der Waals surface area contributed by atoms with Crippen molar-refractivity contribution in [1.29, 1.82) is 0 Å². The Morgan fingerprint density at radius 3 is 2.31 bits per heavy atom. The quantitative estimate of drug-likeness (QED) is 0.786. The zero-order valence-corrected chi connectivity index (χ0v) is 10.7. The Balaban J connectivity index is 2.24. The average molecular weight is 260 g/mol. The van der Waals surface area contributed by atoms with Gasteiger partial charge in [0.2, 0.25) is 0 Å². The Morgan fingerprint density at radius 1 is 1.06 bits per heavy atom. The van der Waals surface area contributed by atoms with Crippen LogP contribution in [0.1, 0.15) is 0 Å². The lowest BCUT2D eigenvalue weighted by molar-refractivity contribution is 0.313. The maximum atomic E-state index is 6.20. The molecule has 3 nitrogen and oxygen atoms in total. The summed E-state index contributed by atoms with van der Waals surface area (Å²) in [6, 6.07) is 3.75. The van der Waals surface area contributed by atoms with Crippen LogP contribution in [0.3, 0.4) is 0 Å². The largest absolute Gasteiger partial charge is 0.397 e. The molecule has 0 aliphatic carbocycles. The monoisotopic (exact) mass is 259 g/mol. The molecule has 0 aromatic heterocycles. The molecular weight excluding hydrogens is 245 g/mol. The molecule has 0 radical (unpaired) electrons. The van der Waals surface area contributed by atoms with Crippen LogP contribution in [-0.4, -0.2) is 38.1 Å². The number of likely N-dealkylation sites (N-methyl/N-ethyl adjacent to an activating group) is 1. The standard InChI is InChI=1S/C11H15Cl2N3/c1-15-4-6-16(7-5-15)9-3-2-8(14)10(12)11(9)13/h2-3H,4-7,14H2,1H3. The van der Waals surface area contributed by atoms with Crippen molar-refractivity contribution in [3.8, 4) is 0 Å². The molecule has 2 rings (SSSR count). The summed E-state index contributed by atoms with van der Waals surface area (Å²) in [5.74, 6) is 0. The highest BCUT2D eigenvalue weighted by Crippen LogP contribution is 2.36. The Bertz CT molecular complexity index is 387. The normalized spacial score (nSPS) is 17.8. The van der Waals surface area contributed by atoms with E-state index >= 15 is 0 Å². The van der Waals surface area contributed by atoms with E-state index in [9.17, 15) is 0 Å². The number of anilines is 2. The maximum absolute atomic E-state index is 6.20. The Morgan fingerprint density at radius 2 is 1.69 bits per heavy atom. The fourth-order valence-corrected chi connectivity index (χ4v) is 2.30. The van der Waals surface area contributed by atoms with Gasteiger partial charge in [0, 0.05) is 26.2 Å². The summed E-state index contributed by atoms with van der Waals surface area (Å²) in [4.78, 5) is 4.54. The number of hydrogen-bond acceptors (Lipinski definition) is 3. The van der Waals surface area contributed by atoms with Crippen LogP contribution in [0.4, 0.5) is 11.4 Å². The molecule has 1 aliphatic heterocycles. The Kier molecular flexibility index (Phi) is 3.47. The third-order valence-electron chi connectivity index (χ3n) is 2.94. The van der Waals surface area contributed by atoms with E-state index in [1.165, 1.54) is 0 Å². The van der Waals surface area contributed by atoms with Crippen LogP contribution < -0.4 is 10.6 Å². The first-order chi connectivity index (χ1) is 7.59. The molecule has 1 fully saturated rings. The second-order valence-corrected chi connectivity index (χ2v) is 4.85. The summed E-state index contributed by atoms with van der Waals surface area (Å²) in [7, 11) is 2.12. The number of nitrogens with two attached hydrogens (primary N) is 1. The lowest BCUT2D eigenvalue weighted by atomic mass is 10.2. The van der Waals surface area contributed by atoms with Crippen molar-refractivity contribution in [2.75, 3.05) is 43.9 Å². The van der Waals surface area contributed by atoms with Crippen LogP contribution in [0.25, 0.3) is 0 Å². The van der Waals surface area contributed by atoms with Gasteiger partial charge >= 0.3 is 0 Å². The minimum atomic E-state index is 0.457. The van der Waals surface area contributed by atoms with Gasteiger partial charge in [-0.05, 0) is 19.2 Å². The van der Waals surface area contributed by atoms with Gasteiger partial charge in [0.25, 0.3) is 0 Å². The molecule has 88 valence electrons. The van der Waals surface area contributed by atoms with Crippen LogP contribution >= 0.6 is 23.2 Å². The first-order valence-corrected chi connectivity index (χ1v) is 6.02. The second kappa shape index (κ2) is 4.70. The number of halogens is 2. The molecule has 1 heterocycles. The molecule has 2 N–H and O–H groups in total. The van der Waals surface area contributed by atoms with Crippen molar-refractivity contribution in [3.63, 3.8) is 0 Å². The second-order valence-electron chi connectivity index (χ2n) is 4.09. The molecule has 1 aliphatic rings. The van der Waals surface area contributed by atoms with Crippen LogP contribution in [0.5, 0.6) is 0 Å². The number of piperazine rings is 1. The Labute approximate surface area is 106 Å². The van der Waals surface area contributed by atoms with Crippen LogP contribution in [-0.2, 0) is 0 Å². The van der Waals surface area contributed by atoms with Crippen molar-refractivity contribution in [3.05, 3.63) is 22.2 Å². The van der Waals surface area contributed by atoms with Gasteiger partial charge in [0.15, 0.2) is 0 Å². The highest BCUT2D eigenvalue weighted by molar-refractivity contribution is 6.45. The van der Waals surface area contributed by atoms with Crippen LogP contribution in [0.15, 0.2) is 12.1 Å². The molecule has 0 amide bonds. The van der Waals surface area contributed by atoms with E-state index in [1.54, 1.807) is 0 Å². The summed E-state index contributed by atoms with van der Waals surface area (Å²) in [6.45, 7) is 4.02. The Hall–Kier alpha value is -0.640. The molecular formula is C11H15Cl2N3. The molecule has 5 heteroatoms. The minimum Gasteiger partial charge on any atom is -0.397 e. The summed E-state index contributed by atoms with van der Waals surface area (Å²) < 4.78 is 0. The lowest BCUT2D eigenvalue weighted by Gasteiger charge is -2.34. The molecule has 0 atom stereocenters. The van der Waals surface area contributed by atoms with Gasteiger partial charge in [-0.3, -0.25) is 0 Å². The molecule has 1 aromatic rings. The SMILES string of the molecule is CN1CCN(c2ccc(N)c(Cl)c2Cl)CC1. The molecule has 1 saturated heterocycles. The van der Waals surface area contributed by atoms with Crippen LogP contribution in [0.2, 0.25) is 10.0 Å². The van der Waals surface area contributed by atoms with Gasteiger partial charge in [0.05, 0.1) is 21.4 Å². The highest BCUT2D eigenvalue weighted by Gasteiger charge is 2.18. The van der Waals surface area contributed by atoms with E-state index in [4.69, 9.17) is 28.9 Å². The summed E-state index contributed by atoms with van der Waals surface area (Å²) >= 11 is 12.2. The van der Waals surface area contributed by atoms with E-state index in [2.05, 4.69) is 16.8 Å². The maximum Gasteiger partial charge on any atom is 0.0846 e. The van der Waals surface area contributed by atoms with E-state index in [0.717, 1.165) is 31.9 Å². The van der Waals surface area contributed by atoms with Gasteiger partial charge in [-0.15, -0.1) is 0 Å². The molecule has 0 unspecified atom stereocenters. The number of nitrogens with zero attached hydrogens (tertiary/aromatic N) is 2. The zero-order chi connectivity index (χ0) is 11.7. The fraction of sp³-hybridized carbons (Fsp3) is 0.455. The molecule has 1 aromatic carbocycles. The third kappa shape index (κ3) is 2.21. The number of hydrogen-bond donors (Lipinski definition) is 1. The molecule has 0 spiro atoms. The van der Waals surface area contributed by atoms with Crippen LogP contribution in [0, 0.1) is 0 Å². The van der Waals surface area contributed by atoms with E-state index in [0.29, 0.717) is 15.7 Å². The number of rotatable bonds is 1. The summed E-state index contributed by atoms with van der Waals surface area (Å²) in [5, 5.41) is 1.02. The summed E-state index contributed by atoms with van der Waals surface area (Å²) in [5.41, 5.74) is 7.21. The highest BCUT2D eigenvalue weighted by atomic mass is 35.5. The van der Waals surface area contributed by atoms with Crippen molar-refractivity contribution in [2.45, 2.75) is 0 Å². The van der Waals surface area contributed by atoms with Gasteiger partial charge < -0.3 is 15.5 Å². The van der Waals surface area contributed by atoms with Gasteiger partial charge in [-0.2, -0.15) is 0 Å². The minimum absolute atomic E-state index is 0.457. The molecule has 16 heavy (non-hydrogen) atoms. The lowest BCUT2D eigenvalue weighted by Crippen LogP contribution is -2.44. The van der Waals surface area contributed by atoms with Gasteiger partial charge in [-0.1, -0.05) is 23.2 Å². The topological polar surface area (TPSA) is 32.5 Å². The molecule has 0 saturated carbocycles. The third-order valence-corrected chi connectivity index (χ3v) is 3.82. The number of benzene rings is 1. The zero-order valence-electron chi connectivity index (χ0n) is 9.21. The fourth-order valence-electron chi connectivity index (χ4n) is 1.85. The smallest absolute Gasteiger partial charge is 0.0846 e.